The Balaban J connectivity index is 1.96. The van der Waals surface area contributed by atoms with Crippen LogP contribution in [0.15, 0.2) is 29.9 Å². The fraction of sp³-hybridized carbons (Fsp3) is 0.214. The molecule has 1 aromatic carbocycles. The van der Waals surface area contributed by atoms with Gasteiger partial charge in [-0.2, -0.15) is 0 Å². The number of aromatic nitrogens is 2. The number of aromatic amines is 1. The van der Waals surface area contributed by atoms with E-state index in [0.29, 0.717) is 0 Å². The van der Waals surface area contributed by atoms with Gasteiger partial charge < -0.3 is 10.7 Å². The first-order chi connectivity index (χ1) is 8.83. The smallest absolute Gasteiger partial charge is 0.0798 e. The van der Waals surface area contributed by atoms with Crippen molar-refractivity contribution in [1.29, 1.82) is 0 Å². The molecule has 90 valence electrons. The van der Waals surface area contributed by atoms with Gasteiger partial charge in [-0.15, -0.1) is 11.3 Å². The van der Waals surface area contributed by atoms with Crippen LogP contribution in [0.1, 0.15) is 23.6 Å². The van der Waals surface area contributed by atoms with E-state index in [4.69, 9.17) is 5.73 Å². The van der Waals surface area contributed by atoms with E-state index in [2.05, 4.69) is 28.2 Å². The Morgan fingerprint density at radius 2 is 2.33 bits per heavy atom. The molecule has 3 N–H and O–H groups in total. The van der Waals surface area contributed by atoms with Crippen molar-refractivity contribution in [2.24, 2.45) is 5.73 Å². The van der Waals surface area contributed by atoms with Crippen LogP contribution in [-0.2, 0) is 6.42 Å². The Bertz CT molecular complexity index is 712. The van der Waals surface area contributed by atoms with Crippen molar-refractivity contribution in [2.75, 3.05) is 0 Å². The molecule has 3 aromatic rings. The summed E-state index contributed by atoms with van der Waals surface area (Å²) in [5.41, 5.74) is 13.1. The van der Waals surface area contributed by atoms with Gasteiger partial charge in [0, 0.05) is 23.1 Å². The summed E-state index contributed by atoms with van der Waals surface area (Å²) >= 11 is 1.66. The monoisotopic (exact) mass is 255 g/mol. The lowest BCUT2D eigenvalue weighted by Gasteiger charge is -2.04. The number of hydrogen-bond donors (Lipinski definition) is 2. The van der Waals surface area contributed by atoms with Crippen molar-refractivity contribution in [2.45, 2.75) is 18.9 Å². The van der Waals surface area contributed by atoms with Crippen molar-refractivity contribution < 1.29 is 0 Å². The molecule has 0 aliphatic heterocycles. The highest BCUT2D eigenvalue weighted by Gasteiger charge is 2.21. The van der Waals surface area contributed by atoms with Gasteiger partial charge in [0.1, 0.15) is 0 Å². The van der Waals surface area contributed by atoms with Crippen molar-refractivity contribution in [3.8, 4) is 10.6 Å². The first kappa shape index (κ1) is 10.3. The number of fused-ring (bicyclic) bond motifs is 3. The van der Waals surface area contributed by atoms with Crippen LogP contribution in [0.5, 0.6) is 0 Å². The van der Waals surface area contributed by atoms with E-state index < -0.39 is 0 Å². The molecule has 0 radical (unpaired) electrons. The van der Waals surface area contributed by atoms with Crippen LogP contribution in [0.2, 0.25) is 0 Å². The summed E-state index contributed by atoms with van der Waals surface area (Å²) in [5.74, 6) is 0. The van der Waals surface area contributed by atoms with Crippen LogP contribution in [0, 0.1) is 0 Å². The molecule has 4 rings (SSSR count). The molecule has 3 nitrogen and oxygen atoms in total. The highest BCUT2D eigenvalue weighted by Crippen LogP contribution is 2.37. The fourth-order valence-electron chi connectivity index (χ4n) is 2.84. The second-order valence-corrected chi connectivity index (χ2v) is 5.67. The van der Waals surface area contributed by atoms with Gasteiger partial charge >= 0.3 is 0 Å². The predicted molar refractivity (Wildman–Crippen MR) is 74.7 cm³/mol. The molecule has 4 heteroatoms. The number of benzene rings is 1. The zero-order chi connectivity index (χ0) is 12.1. The van der Waals surface area contributed by atoms with Gasteiger partial charge in [-0.25, -0.2) is 0 Å². The van der Waals surface area contributed by atoms with Gasteiger partial charge in [-0.3, -0.25) is 4.98 Å². The van der Waals surface area contributed by atoms with E-state index in [1.807, 2.05) is 11.7 Å². The number of nitrogens with two attached hydrogens (primary N) is 1. The van der Waals surface area contributed by atoms with E-state index in [-0.39, 0.29) is 6.04 Å². The molecule has 2 aromatic heterocycles. The van der Waals surface area contributed by atoms with Crippen LogP contribution in [-0.4, -0.2) is 9.97 Å². The lowest BCUT2D eigenvalue weighted by Crippen LogP contribution is -2.04. The summed E-state index contributed by atoms with van der Waals surface area (Å²) in [6, 6.07) is 6.76. The summed E-state index contributed by atoms with van der Waals surface area (Å²) in [4.78, 5) is 8.79. The standard InChI is InChI=1S/C14H13N3S/c15-11-3-1-8-9(11)2-4-12-10(8)5-13(17-12)14-6-16-7-18-14/h2,4-7,11,17H,1,3,15H2/t11-/m1/s1. The van der Waals surface area contributed by atoms with E-state index in [1.54, 1.807) is 11.3 Å². The van der Waals surface area contributed by atoms with Crippen LogP contribution in [0.25, 0.3) is 21.5 Å². The maximum atomic E-state index is 6.12. The lowest BCUT2D eigenvalue weighted by atomic mass is 10.0. The number of hydrogen-bond acceptors (Lipinski definition) is 3. The predicted octanol–water partition coefficient (Wildman–Crippen LogP) is 3.24. The highest BCUT2D eigenvalue weighted by atomic mass is 32.1. The summed E-state index contributed by atoms with van der Waals surface area (Å²) < 4.78 is 0. The van der Waals surface area contributed by atoms with E-state index in [1.165, 1.54) is 26.9 Å². The minimum atomic E-state index is 0.214. The van der Waals surface area contributed by atoms with Gasteiger partial charge in [-0.1, -0.05) is 6.07 Å². The van der Waals surface area contributed by atoms with Gasteiger partial charge in [0.25, 0.3) is 0 Å². The summed E-state index contributed by atoms with van der Waals surface area (Å²) in [6.45, 7) is 0. The molecular weight excluding hydrogens is 242 g/mol. The van der Waals surface area contributed by atoms with E-state index in [9.17, 15) is 0 Å². The molecule has 1 atom stereocenters. The Morgan fingerprint density at radius 1 is 1.39 bits per heavy atom. The second-order valence-electron chi connectivity index (χ2n) is 4.79. The molecule has 0 unspecified atom stereocenters. The molecular formula is C14H13N3S. The van der Waals surface area contributed by atoms with Crippen LogP contribution < -0.4 is 5.73 Å². The van der Waals surface area contributed by atoms with Gasteiger partial charge in [0.15, 0.2) is 0 Å². The van der Waals surface area contributed by atoms with Gasteiger partial charge in [0.05, 0.1) is 16.1 Å². The van der Waals surface area contributed by atoms with Gasteiger partial charge in [0.2, 0.25) is 0 Å². The minimum Gasteiger partial charge on any atom is -0.354 e. The normalized spacial score (nSPS) is 18.4. The molecule has 0 bridgehead atoms. The third-order valence-electron chi connectivity index (χ3n) is 3.75. The Morgan fingerprint density at radius 3 is 3.17 bits per heavy atom. The average Bonchev–Trinajstić information content (AvgIpc) is 3.05. The largest absolute Gasteiger partial charge is 0.354 e. The molecule has 18 heavy (non-hydrogen) atoms. The highest BCUT2D eigenvalue weighted by molar-refractivity contribution is 7.13. The topological polar surface area (TPSA) is 54.7 Å². The Labute approximate surface area is 109 Å². The maximum absolute atomic E-state index is 6.12. The number of thiazole rings is 1. The van der Waals surface area contributed by atoms with Crippen molar-refractivity contribution in [3.05, 3.63) is 41.0 Å². The molecule has 0 amide bonds. The summed E-state index contributed by atoms with van der Waals surface area (Å²) in [6.07, 6.45) is 4.06. The third-order valence-corrected chi connectivity index (χ3v) is 4.56. The summed E-state index contributed by atoms with van der Waals surface area (Å²) in [5, 5.41) is 1.32. The number of aryl methyl sites for hydroxylation is 1. The maximum Gasteiger partial charge on any atom is 0.0798 e. The SMILES string of the molecule is N[C@@H]1CCc2c1ccc1[nH]c(-c3cncs3)cc21. The second kappa shape index (κ2) is 3.67. The van der Waals surface area contributed by atoms with Gasteiger partial charge in [-0.05, 0) is 36.1 Å². The van der Waals surface area contributed by atoms with E-state index >= 15 is 0 Å². The van der Waals surface area contributed by atoms with E-state index in [0.717, 1.165) is 18.5 Å². The molecule has 1 aliphatic carbocycles. The molecule has 2 heterocycles. The minimum absolute atomic E-state index is 0.214. The summed E-state index contributed by atoms with van der Waals surface area (Å²) in [7, 11) is 0. The third kappa shape index (κ3) is 1.36. The number of H-pyrrole nitrogens is 1. The average molecular weight is 255 g/mol. The van der Waals surface area contributed by atoms with Crippen LogP contribution in [0.4, 0.5) is 0 Å². The first-order valence-corrected chi connectivity index (χ1v) is 7.00. The molecule has 0 fully saturated rings. The number of nitrogens with one attached hydrogen (secondary N) is 1. The van der Waals surface area contributed by atoms with Crippen molar-refractivity contribution in [3.63, 3.8) is 0 Å². The van der Waals surface area contributed by atoms with Crippen molar-refractivity contribution >= 4 is 22.2 Å². The molecule has 0 saturated carbocycles. The quantitative estimate of drug-likeness (QED) is 0.701. The van der Waals surface area contributed by atoms with Crippen LogP contribution >= 0.6 is 11.3 Å². The first-order valence-electron chi connectivity index (χ1n) is 6.12. The molecule has 1 aliphatic rings. The zero-order valence-electron chi connectivity index (χ0n) is 9.81. The lowest BCUT2D eigenvalue weighted by molar-refractivity contribution is 0.713. The number of rotatable bonds is 1. The molecule has 0 spiro atoms. The van der Waals surface area contributed by atoms with Crippen LogP contribution in [0.3, 0.4) is 0 Å². The van der Waals surface area contributed by atoms with Crippen molar-refractivity contribution in [1.82, 2.24) is 9.97 Å². The fourth-order valence-corrected chi connectivity index (χ4v) is 3.44. The molecule has 0 saturated heterocycles. The Kier molecular flexibility index (Phi) is 2.10. The zero-order valence-corrected chi connectivity index (χ0v) is 10.6. The Hall–Kier alpha value is -1.65. The number of nitrogens with zero attached hydrogens (tertiary/aromatic N) is 1.